The van der Waals surface area contributed by atoms with Crippen LogP contribution in [-0.4, -0.2) is 24.3 Å². The Morgan fingerprint density at radius 3 is 1.74 bits per heavy atom. The number of esters is 2. The molecule has 0 heterocycles. The Bertz CT molecular complexity index is 1190. The summed E-state index contributed by atoms with van der Waals surface area (Å²) in [6, 6.07) is 8.53. The Hall–Kier alpha value is -3.41. The fourth-order valence-electron chi connectivity index (χ4n) is 3.74. The van der Waals surface area contributed by atoms with Gasteiger partial charge in [-0.1, -0.05) is 26.7 Å². The number of hydrogen-bond acceptors (Lipinski definition) is 6. The number of carbonyl (C=O) groups is 3. The Morgan fingerprint density at radius 2 is 1.26 bits per heavy atom. The van der Waals surface area contributed by atoms with Crippen LogP contribution in [0.15, 0.2) is 36.4 Å². The molecule has 0 amide bonds. The van der Waals surface area contributed by atoms with E-state index in [0.29, 0.717) is 35.0 Å². The monoisotopic (exact) mass is 536 g/mol. The Labute approximate surface area is 233 Å². The van der Waals surface area contributed by atoms with Crippen LogP contribution in [0.2, 0.25) is 0 Å². The maximum atomic E-state index is 13.2. The van der Waals surface area contributed by atoms with E-state index in [1.807, 2.05) is 27.7 Å². The molecule has 0 N–H and O–H groups in total. The molecule has 39 heavy (non-hydrogen) atoms. The van der Waals surface area contributed by atoms with E-state index in [2.05, 4.69) is 19.9 Å². The van der Waals surface area contributed by atoms with Crippen LogP contribution >= 0.6 is 0 Å². The van der Waals surface area contributed by atoms with Gasteiger partial charge in [-0.15, -0.1) is 0 Å². The zero-order valence-electron chi connectivity index (χ0n) is 25.0. The molecule has 0 bridgehead atoms. The molecule has 0 aromatic heterocycles. The van der Waals surface area contributed by atoms with Gasteiger partial charge >= 0.3 is 11.9 Å². The first-order valence-electron chi connectivity index (χ1n) is 13.8. The third kappa shape index (κ3) is 8.81. The lowest BCUT2D eigenvalue weighted by molar-refractivity contribution is -0.143. The van der Waals surface area contributed by atoms with Crippen molar-refractivity contribution in [2.75, 3.05) is 6.61 Å². The summed E-state index contributed by atoms with van der Waals surface area (Å²) in [7, 11) is 0. The number of allylic oxidation sites excluding steroid dienone is 1. The van der Waals surface area contributed by atoms with Crippen LogP contribution in [0.1, 0.15) is 102 Å². The summed E-state index contributed by atoms with van der Waals surface area (Å²) in [6.45, 7) is 17.3. The highest BCUT2D eigenvalue weighted by molar-refractivity contribution is 6.07. The first-order valence-corrected chi connectivity index (χ1v) is 13.8. The highest BCUT2D eigenvalue weighted by Gasteiger charge is 2.28. The average molecular weight is 537 g/mol. The van der Waals surface area contributed by atoms with Crippen LogP contribution in [0, 0.1) is 10.8 Å². The quantitative estimate of drug-likeness (QED) is 0.126. The number of ketones is 1. The topological polar surface area (TPSA) is 78.9 Å². The minimum Gasteiger partial charge on any atom is -0.493 e. The molecule has 0 fully saturated rings. The fourth-order valence-corrected chi connectivity index (χ4v) is 3.74. The minimum absolute atomic E-state index is 0.239. The lowest BCUT2D eigenvalue weighted by Crippen LogP contribution is -2.26. The van der Waals surface area contributed by atoms with Crippen molar-refractivity contribution in [2.24, 2.45) is 10.8 Å². The summed E-state index contributed by atoms with van der Waals surface area (Å²) < 4.78 is 17.5. The van der Waals surface area contributed by atoms with Gasteiger partial charge in [0.1, 0.15) is 17.2 Å². The SMILES string of the molecule is CCCc1cc(CCC)c(OC(=O)C(C)(C)C)c(C=CC(=O)c2ccc(OC(=O)C(C)(C)C)cc2)c1OCC. The smallest absolute Gasteiger partial charge is 0.316 e. The van der Waals surface area contributed by atoms with Crippen LogP contribution in [0.25, 0.3) is 6.08 Å². The number of aryl methyl sites for hydroxylation is 2. The molecule has 0 saturated carbocycles. The van der Waals surface area contributed by atoms with Gasteiger partial charge in [-0.2, -0.15) is 0 Å². The predicted molar refractivity (Wildman–Crippen MR) is 156 cm³/mol. The average Bonchev–Trinajstić information content (AvgIpc) is 2.85. The summed E-state index contributed by atoms with van der Waals surface area (Å²) in [4.78, 5) is 38.3. The third-order valence-electron chi connectivity index (χ3n) is 5.92. The lowest BCUT2D eigenvalue weighted by atomic mass is 9.94. The van der Waals surface area contributed by atoms with Crippen LogP contribution in [0.5, 0.6) is 17.2 Å². The first kappa shape index (κ1) is 31.8. The lowest BCUT2D eigenvalue weighted by Gasteiger charge is -2.23. The minimum atomic E-state index is -0.702. The maximum absolute atomic E-state index is 13.2. The standard InChI is InChI=1S/C33H44O6/c1-10-13-23-21-24(14-11-2)29(39-31(36)33(7,8)9)26(28(23)37-12-3)19-20-27(34)22-15-17-25(18-16-22)38-30(35)32(4,5)6/h15-21H,10-14H2,1-9H3. The van der Waals surface area contributed by atoms with Crippen molar-refractivity contribution in [1.82, 2.24) is 0 Å². The zero-order chi connectivity index (χ0) is 29.4. The van der Waals surface area contributed by atoms with Crippen molar-refractivity contribution < 1.29 is 28.6 Å². The van der Waals surface area contributed by atoms with E-state index in [4.69, 9.17) is 14.2 Å². The number of ether oxygens (including phenoxy) is 3. The summed E-state index contributed by atoms with van der Waals surface area (Å²) in [6.07, 6.45) is 6.45. The summed E-state index contributed by atoms with van der Waals surface area (Å²) in [5.74, 6) is 0.501. The molecule has 6 nitrogen and oxygen atoms in total. The molecule has 0 aliphatic heterocycles. The summed E-state index contributed by atoms with van der Waals surface area (Å²) >= 11 is 0. The van der Waals surface area contributed by atoms with Gasteiger partial charge < -0.3 is 14.2 Å². The van der Waals surface area contributed by atoms with Gasteiger partial charge in [0.05, 0.1) is 23.0 Å². The van der Waals surface area contributed by atoms with E-state index in [1.54, 1.807) is 51.1 Å². The molecule has 0 atom stereocenters. The third-order valence-corrected chi connectivity index (χ3v) is 5.92. The molecule has 0 aliphatic carbocycles. The van der Waals surface area contributed by atoms with Crippen LogP contribution in [0.3, 0.4) is 0 Å². The number of hydrogen-bond donors (Lipinski definition) is 0. The van der Waals surface area contributed by atoms with E-state index in [0.717, 1.165) is 36.8 Å². The van der Waals surface area contributed by atoms with Gasteiger partial charge in [0, 0.05) is 5.56 Å². The van der Waals surface area contributed by atoms with Gasteiger partial charge in [-0.25, -0.2) is 0 Å². The molecule has 0 saturated heterocycles. The van der Waals surface area contributed by atoms with Crippen LogP contribution < -0.4 is 14.2 Å². The molecule has 212 valence electrons. The Morgan fingerprint density at radius 1 is 0.744 bits per heavy atom. The molecular weight excluding hydrogens is 492 g/mol. The molecule has 0 unspecified atom stereocenters. The van der Waals surface area contributed by atoms with E-state index < -0.39 is 10.8 Å². The van der Waals surface area contributed by atoms with Crippen molar-refractivity contribution in [2.45, 2.75) is 88.0 Å². The van der Waals surface area contributed by atoms with E-state index in [-0.39, 0.29) is 17.7 Å². The van der Waals surface area contributed by atoms with Gasteiger partial charge in [-0.05, 0) is 115 Å². The summed E-state index contributed by atoms with van der Waals surface area (Å²) in [5, 5.41) is 0. The predicted octanol–water partition coefficient (Wildman–Crippen LogP) is 7.79. The molecule has 0 spiro atoms. The summed E-state index contributed by atoms with van der Waals surface area (Å²) in [5.41, 5.74) is 1.63. The van der Waals surface area contributed by atoms with Crippen molar-refractivity contribution >= 4 is 23.8 Å². The molecular formula is C33H44O6. The first-order chi connectivity index (χ1) is 18.2. The van der Waals surface area contributed by atoms with Crippen molar-refractivity contribution in [3.05, 3.63) is 58.7 Å². The van der Waals surface area contributed by atoms with Gasteiger partial charge in [0.25, 0.3) is 0 Å². The normalized spacial score (nSPS) is 11.9. The Balaban J connectivity index is 2.54. The molecule has 2 aromatic carbocycles. The van der Waals surface area contributed by atoms with Crippen LogP contribution in [-0.2, 0) is 22.4 Å². The molecule has 0 aliphatic rings. The zero-order valence-corrected chi connectivity index (χ0v) is 25.0. The van der Waals surface area contributed by atoms with Gasteiger partial charge in [0.2, 0.25) is 0 Å². The van der Waals surface area contributed by atoms with E-state index in [9.17, 15) is 14.4 Å². The van der Waals surface area contributed by atoms with Gasteiger partial charge in [0.15, 0.2) is 5.78 Å². The van der Waals surface area contributed by atoms with Crippen molar-refractivity contribution in [3.63, 3.8) is 0 Å². The van der Waals surface area contributed by atoms with Gasteiger partial charge in [-0.3, -0.25) is 14.4 Å². The molecule has 2 rings (SSSR count). The van der Waals surface area contributed by atoms with Crippen molar-refractivity contribution in [1.29, 1.82) is 0 Å². The number of carbonyl (C=O) groups excluding carboxylic acids is 3. The van der Waals surface area contributed by atoms with Crippen LogP contribution in [0.4, 0.5) is 0 Å². The largest absolute Gasteiger partial charge is 0.493 e. The maximum Gasteiger partial charge on any atom is 0.316 e. The molecule has 6 heteroatoms. The number of rotatable bonds is 11. The second-order valence-corrected chi connectivity index (χ2v) is 11.7. The van der Waals surface area contributed by atoms with E-state index in [1.165, 1.54) is 6.08 Å². The second kappa shape index (κ2) is 13.6. The fraction of sp³-hybridized carbons (Fsp3) is 0.485. The Kier molecular flexibility index (Phi) is 11.1. The molecule has 0 radical (unpaired) electrons. The number of benzene rings is 2. The van der Waals surface area contributed by atoms with E-state index >= 15 is 0 Å². The highest BCUT2D eigenvalue weighted by atomic mass is 16.5. The second-order valence-electron chi connectivity index (χ2n) is 11.7. The van der Waals surface area contributed by atoms with Crippen molar-refractivity contribution in [3.8, 4) is 17.2 Å². The molecule has 2 aromatic rings. The highest BCUT2D eigenvalue weighted by Crippen LogP contribution is 2.40.